The second-order valence-corrected chi connectivity index (χ2v) is 6.99. The van der Waals surface area contributed by atoms with Crippen LogP contribution in [0.3, 0.4) is 0 Å². The molecule has 112 valence electrons. The summed E-state index contributed by atoms with van der Waals surface area (Å²) in [7, 11) is -2.83. The topological polar surface area (TPSA) is 107 Å². The first-order valence-electron chi connectivity index (χ1n) is 5.67. The maximum Gasteiger partial charge on any atom is 0.349 e. The molecule has 1 rings (SSSR count). The molecular formula is C11H16N2O5S2. The van der Waals surface area contributed by atoms with Crippen LogP contribution >= 0.6 is 11.3 Å². The minimum Gasteiger partial charge on any atom is -0.465 e. The van der Waals surface area contributed by atoms with Gasteiger partial charge in [0.15, 0.2) is 0 Å². The number of hydrogen-bond acceptors (Lipinski definition) is 6. The third-order valence-corrected chi connectivity index (χ3v) is 5.56. The van der Waals surface area contributed by atoms with E-state index >= 15 is 0 Å². The van der Waals surface area contributed by atoms with E-state index in [2.05, 4.69) is 4.74 Å². The van der Waals surface area contributed by atoms with Crippen molar-refractivity contribution in [2.45, 2.75) is 24.8 Å². The highest BCUT2D eigenvalue weighted by molar-refractivity contribution is 7.89. The van der Waals surface area contributed by atoms with E-state index in [1.54, 1.807) is 13.8 Å². The van der Waals surface area contributed by atoms with Crippen molar-refractivity contribution < 1.29 is 22.7 Å². The van der Waals surface area contributed by atoms with Crippen LogP contribution in [0.5, 0.6) is 0 Å². The van der Waals surface area contributed by atoms with Gasteiger partial charge >= 0.3 is 5.97 Å². The van der Waals surface area contributed by atoms with Crippen molar-refractivity contribution in [2.24, 2.45) is 5.73 Å². The highest BCUT2D eigenvalue weighted by atomic mass is 32.2. The summed E-state index contributed by atoms with van der Waals surface area (Å²) < 4.78 is 30.6. The number of methoxy groups -OCH3 is 1. The number of sulfonamides is 1. The Morgan fingerprint density at radius 3 is 2.50 bits per heavy atom. The molecule has 1 amide bonds. The highest BCUT2D eigenvalue weighted by Crippen LogP contribution is 2.26. The number of carbonyl (C=O) groups is 2. The second-order valence-electron chi connectivity index (χ2n) is 4.22. The van der Waals surface area contributed by atoms with Gasteiger partial charge in [0.25, 0.3) is 0 Å². The number of nitrogens with zero attached hydrogens (tertiary/aromatic N) is 1. The van der Waals surface area contributed by atoms with Crippen molar-refractivity contribution >= 4 is 33.2 Å². The predicted octanol–water partition coefficient (Wildman–Crippen LogP) is 0.419. The third kappa shape index (κ3) is 3.35. The SMILES string of the molecule is COC(=O)c1sccc1S(=O)(=O)N(CC(N)=O)C(C)C. The Bertz CT molecular complexity index is 606. The fourth-order valence-corrected chi connectivity index (χ4v) is 4.48. The molecule has 1 aromatic heterocycles. The van der Waals surface area contributed by atoms with Gasteiger partial charge < -0.3 is 10.5 Å². The van der Waals surface area contributed by atoms with E-state index in [9.17, 15) is 18.0 Å². The van der Waals surface area contributed by atoms with E-state index in [1.165, 1.54) is 18.6 Å². The van der Waals surface area contributed by atoms with Crippen molar-refractivity contribution in [1.29, 1.82) is 0 Å². The van der Waals surface area contributed by atoms with Crippen LogP contribution in [0, 0.1) is 0 Å². The number of ether oxygens (including phenoxy) is 1. The normalized spacial score (nSPS) is 11.8. The van der Waals surface area contributed by atoms with Crippen LogP contribution in [-0.2, 0) is 19.6 Å². The molecule has 0 atom stereocenters. The molecule has 0 saturated carbocycles. The lowest BCUT2D eigenvalue weighted by Crippen LogP contribution is -2.42. The average molecular weight is 320 g/mol. The molecule has 0 saturated heterocycles. The quantitative estimate of drug-likeness (QED) is 0.764. The fourth-order valence-electron chi connectivity index (χ4n) is 1.57. The van der Waals surface area contributed by atoms with Gasteiger partial charge in [0.1, 0.15) is 9.77 Å². The summed E-state index contributed by atoms with van der Waals surface area (Å²) in [6.45, 7) is 2.78. The van der Waals surface area contributed by atoms with E-state index in [1.807, 2.05) is 0 Å². The Morgan fingerprint density at radius 2 is 2.05 bits per heavy atom. The summed E-state index contributed by atoms with van der Waals surface area (Å²) in [5, 5.41) is 1.47. The van der Waals surface area contributed by atoms with Crippen LogP contribution in [0.2, 0.25) is 0 Å². The summed E-state index contributed by atoms with van der Waals surface area (Å²) in [5.41, 5.74) is 5.07. The Morgan fingerprint density at radius 1 is 1.45 bits per heavy atom. The van der Waals surface area contributed by atoms with E-state index in [4.69, 9.17) is 5.73 Å². The van der Waals surface area contributed by atoms with Crippen molar-refractivity contribution in [3.63, 3.8) is 0 Å². The Hall–Kier alpha value is -1.45. The number of thiophene rings is 1. The van der Waals surface area contributed by atoms with E-state index in [0.717, 1.165) is 15.6 Å². The minimum atomic E-state index is -4.00. The number of nitrogens with two attached hydrogens (primary N) is 1. The average Bonchev–Trinajstić information content (AvgIpc) is 2.84. The third-order valence-electron chi connectivity index (χ3n) is 2.47. The lowest BCUT2D eigenvalue weighted by Gasteiger charge is -2.24. The molecule has 0 aliphatic heterocycles. The van der Waals surface area contributed by atoms with Crippen molar-refractivity contribution in [3.8, 4) is 0 Å². The van der Waals surface area contributed by atoms with Crippen LogP contribution in [0.25, 0.3) is 0 Å². The lowest BCUT2D eigenvalue weighted by molar-refractivity contribution is -0.118. The smallest absolute Gasteiger partial charge is 0.349 e. The first kappa shape index (κ1) is 16.6. The zero-order chi connectivity index (χ0) is 15.5. The van der Waals surface area contributed by atoms with Gasteiger partial charge in [0.05, 0.1) is 13.7 Å². The minimum absolute atomic E-state index is 0.0254. The summed E-state index contributed by atoms with van der Waals surface area (Å²) >= 11 is 0.961. The van der Waals surface area contributed by atoms with Crippen molar-refractivity contribution in [1.82, 2.24) is 4.31 Å². The van der Waals surface area contributed by atoms with Gasteiger partial charge in [-0.2, -0.15) is 4.31 Å². The molecule has 0 fully saturated rings. The largest absolute Gasteiger partial charge is 0.465 e. The number of amides is 1. The maximum absolute atomic E-state index is 12.5. The number of hydrogen-bond donors (Lipinski definition) is 1. The van der Waals surface area contributed by atoms with Gasteiger partial charge in [-0.3, -0.25) is 4.79 Å². The Labute approximate surface area is 121 Å². The first-order valence-corrected chi connectivity index (χ1v) is 7.99. The zero-order valence-corrected chi connectivity index (χ0v) is 13.0. The van der Waals surface area contributed by atoms with Gasteiger partial charge in [-0.1, -0.05) is 0 Å². The molecule has 1 heterocycles. The molecule has 0 aliphatic carbocycles. The molecule has 1 aromatic rings. The second kappa shape index (κ2) is 6.33. The molecule has 9 heteroatoms. The van der Waals surface area contributed by atoms with E-state index in [0.29, 0.717) is 0 Å². The van der Waals surface area contributed by atoms with Gasteiger partial charge in [-0.25, -0.2) is 13.2 Å². The first-order chi connectivity index (χ1) is 9.21. The molecule has 2 N–H and O–H groups in total. The van der Waals surface area contributed by atoms with Gasteiger partial charge in [0.2, 0.25) is 15.9 Å². The summed E-state index contributed by atoms with van der Waals surface area (Å²) in [6, 6.07) is 0.834. The lowest BCUT2D eigenvalue weighted by atomic mass is 10.4. The molecule has 0 unspecified atom stereocenters. The molecule has 0 aliphatic rings. The van der Waals surface area contributed by atoms with Crippen LogP contribution in [-0.4, -0.2) is 44.3 Å². The maximum atomic E-state index is 12.5. The molecule has 0 bridgehead atoms. The molecule has 0 spiro atoms. The molecule has 0 radical (unpaired) electrons. The zero-order valence-electron chi connectivity index (χ0n) is 11.3. The van der Waals surface area contributed by atoms with Crippen LogP contribution < -0.4 is 5.73 Å². The van der Waals surface area contributed by atoms with Crippen molar-refractivity contribution in [3.05, 3.63) is 16.3 Å². The van der Waals surface area contributed by atoms with Gasteiger partial charge in [0, 0.05) is 6.04 Å². The van der Waals surface area contributed by atoms with Crippen LogP contribution in [0.15, 0.2) is 16.3 Å². The molecule has 7 nitrogen and oxygen atoms in total. The Kier molecular flexibility index (Phi) is 5.26. The Balaban J connectivity index is 3.31. The highest BCUT2D eigenvalue weighted by Gasteiger charge is 2.33. The fraction of sp³-hybridized carbons (Fsp3) is 0.455. The summed E-state index contributed by atoms with van der Waals surface area (Å²) in [4.78, 5) is 22.4. The molecular weight excluding hydrogens is 304 g/mol. The van der Waals surface area contributed by atoms with Gasteiger partial charge in [-0.05, 0) is 25.3 Å². The van der Waals surface area contributed by atoms with Crippen molar-refractivity contribution in [2.75, 3.05) is 13.7 Å². The summed E-state index contributed by atoms with van der Waals surface area (Å²) in [5.74, 6) is -1.50. The number of rotatable bonds is 6. The number of primary amides is 1. The number of carbonyl (C=O) groups excluding carboxylic acids is 2. The predicted molar refractivity (Wildman–Crippen MR) is 73.9 cm³/mol. The van der Waals surface area contributed by atoms with Crippen LogP contribution in [0.4, 0.5) is 0 Å². The molecule has 20 heavy (non-hydrogen) atoms. The van der Waals surface area contributed by atoms with E-state index < -0.39 is 34.5 Å². The van der Waals surface area contributed by atoms with Gasteiger partial charge in [-0.15, -0.1) is 11.3 Å². The summed E-state index contributed by atoms with van der Waals surface area (Å²) in [6.07, 6.45) is 0. The molecule has 0 aromatic carbocycles. The number of esters is 1. The van der Waals surface area contributed by atoms with E-state index in [-0.39, 0.29) is 9.77 Å². The van der Waals surface area contributed by atoms with Crippen LogP contribution in [0.1, 0.15) is 23.5 Å². The standard InChI is InChI=1S/C11H16N2O5S2/c1-7(2)13(6-9(12)14)20(16,17)8-4-5-19-10(8)11(15)18-3/h4-5,7H,6H2,1-3H3,(H2,12,14). The monoisotopic (exact) mass is 320 g/mol.